The molecule has 0 radical (unpaired) electrons. The lowest BCUT2D eigenvalue weighted by molar-refractivity contribution is -0.139. The summed E-state index contributed by atoms with van der Waals surface area (Å²) in [5.41, 5.74) is 0.690. The maximum atomic E-state index is 11.5. The van der Waals surface area contributed by atoms with Gasteiger partial charge in [-0.3, -0.25) is 14.6 Å². The molecule has 0 aliphatic carbocycles. The van der Waals surface area contributed by atoms with Crippen molar-refractivity contribution >= 4 is 11.8 Å². The van der Waals surface area contributed by atoms with Crippen molar-refractivity contribution in [2.75, 3.05) is 0 Å². The van der Waals surface area contributed by atoms with Crippen molar-refractivity contribution in [1.82, 2.24) is 15.6 Å². The number of carbonyl (C=O) groups excluding carboxylic acids is 2. The van der Waals surface area contributed by atoms with E-state index < -0.39 is 11.8 Å². The fourth-order valence-electron chi connectivity index (χ4n) is 1.41. The van der Waals surface area contributed by atoms with Gasteiger partial charge >= 0.3 is 11.8 Å². The zero-order valence-corrected chi connectivity index (χ0v) is 10.1. The van der Waals surface area contributed by atoms with E-state index >= 15 is 0 Å². The van der Waals surface area contributed by atoms with E-state index in [0.717, 1.165) is 0 Å². The number of pyridine rings is 1. The summed E-state index contributed by atoms with van der Waals surface area (Å²) >= 11 is 0. The Bertz CT molecular complexity index is 538. The molecule has 0 saturated heterocycles. The van der Waals surface area contributed by atoms with Crippen LogP contribution in [-0.4, -0.2) is 16.8 Å². The smallest absolute Gasteiger partial charge is 0.309 e. The number of aromatic nitrogens is 1. The molecular formula is C13H13N3O3. The molecule has 0 aliphatic heterocycles. The van der Waals surface area contributed by atoms with E-state index in [9.17, 15) is 9.59 Å². The zero-order chi connectivity index (χ0) is 13.5. The fraction of sp³-hybridized carbons (Fsp3) is 0.154. The van der Waals surface area contributed by atoms with Gasteiger partial charge < -0.3 is 15.1 Å². The van der Waals surface area contributed by atoms with Crippen LogP contribution in [0.15, 0.2) is 47.2 Å². The molecule has 6 heteroatoms. The van der Waals surface area contributed by atoms with Gasteiger partial charge in [0.1, 0.15) is 5.76 Å². The summed E-state index contributed by atoms with van der Waals surface area (Å²) in [5, 5.41) is 4.94. The van der Waals surface area contributed by atoms with E-state index in [0.29, 0.717) is 11.5 Å². The van der Waals surface area contributed by atoms with Crippen LogP contribution in [-0.2, 0) is 22.7 Å². The van der Waals surface area contributed by atoms with Crippen LogP contribution in [0.3, 0.4) is 0 Å². The second kappa shape index (κ2) is 6.34. The predicted octanol–water partition coefficient (Wildman–Crippen LogP) is 0.607. The standard InChI is InChI=1S/C13H13N3O3/c17-12(15-8-10-4-1-2-6-14-10)13(18)16-9-11-5-3-7-19-11/h1-7H,8-9H2,(H,15,17)(H,16,18). The third kappa shape index (κ3) is 3.95. The zero-order valence-electron chi connectivity index (χ0n) is 10.1. The molecule has 2 aromatic rings. The Labute approximate surface area is 109 Å². The van der Waals surface area contributed by atoms with Crippen LogP contribution in [0.5, 0.6) is 0 Å². The minimum absolute atomic E-state index is 0.183. The SMILES string of the molecule is O=C(NCc1ccccn1)C(=O)NCc1ccco1. The molecule has 6 nitrogen and oxygen atoms in total. The molecule has 0 saturated carbocycles. The minimum Gasteiger partial charge on any atom is -0.467 e. The maximum absolute atomic E-state index is 11.5. The first-order valence-electron chi connectivity index (χ1n) is 5.74. The third-order valence-electron chi connectivity index (χ3n) is 2.37. The molecule has 2 heterocycles. The molecule has 0 aromatic carbocycles. The van der Waals surface area contributed by atoms with Crippen molar-refractivity contribution in [3.8, 4) is 0 Å². The Kier molecular flexibility index (Phi) is 4.28. The molecule has 0 bridgehead atoms. The Balaban J connectivity index is 1.75. The maximum Gasteiger partial charge on any atom is 0.309 e. The average molecular weight is 259 g/mol. The number of nitrogens with zero attached hydrogens (tertiary/aromatic N) is 1. The van der Waals surface area contributed by atoms with Gasteiger partial charge in [0.05, 0.1) is 25.0 Å². The molecule has 2 amide bonds. The average Bonchev–Trinajstić information content (AvgIpc) is 2.96. The van der Waals surface area contributed by atoms with Crippen molar-refractivity contribution in [3.05, 3.63) is 54.2 Å². The third-order valence-corrected chi connectivity index (χ3v) is 2.37. The highest BCUT2D eigenvalue weighted by Crippen LogP contribution is 1.98. The van der Waals surface area contributed by atoms with E-state index in [2.05, 4.69) is 15.6 Å². The Hall–Kier alpha value is -2.63. The van der Waals surface area contributed by atoms with Gasteiger partial charge in [-0.1, -0.05) is 6.07 Å². The fourth-order valence-corrected chi connectivity index (χ4v) is 1.41. The van der Waals surface area contributed by atoms with Crippen LogP contribution < -0.4 is 10.6 Å². The van der Waals surface area contributed by atoms with Gasteiger partial charge in [0.2, 0.25) is 0 Å². The molecule has 19 heavy (non-hydrogen) atoms. The summed E-state index contributed by atoms with van der Waals surface area (Å²) in [6.07, 6.45) is 3.13. The second-order valence-corrected chi connectivity index (χ2v) is 3.77. The number of nitrogens with one attached hydrogen (secondary N) is 2. The second-order valence-electron chi connectivity index (χ2n) is 3.77. The first-order chi connectivity index (χ1) is 9.25. The van der Waals surface area contributed by atoms with Crippen LogP contribution in [0, 0.1) is 0 Å². The molecule has 0 unspecified atom stereocenters. The molecule has 0 fully saturated rings. The van der Waals surface area contributed by atoms with Crippen molar-refractivity contribution in [2.24, 2.45) is 0 Å². The van der Waals surface area contributed by atoms with E-state index in [4.69, 9.17) is 4.42 Å². The molecule has 0 atom stereocenters. The number of rotatable bonds is 4. The molecular weight excluding hydrogens is 246 g/mol. The largest absolute Gasteiger partial charge is 0.467 e. The van der Waals surface area contributed by atoms with Crippen LogP contribution in [0.25, 0.3) is 0 Å². The topological polar surface area (TPSA) is 84.2 Å². The molecule has 2 N–H and O–H groups in total. The molecule has 2 aromatic heterocycles. The summed E-state index contributed by atoms with van der Waals surface area (Å²) in [4.78, 5) is 27.0. The van der Waals surface area contributed by atoms with Gasteiger partial charge in [-0.05, 0) is 24.3 Å². The van der Waals surface area contributed by atoms with Crippen molar-refractivity contribution < 1.29 is 14.0 Å². The number of hydrogen-bond acceptors (Lipinski definition) is 4. The first-order valence-corrected chi connectivity index (χ1v) is 5.74. The summed E-state index contributed by atoms with van der Waals surface area (Å²) in [7, 11) is 0. The highest BCUT2D eigenvalue weighted by atomic mass is 16.3. The lowest BCUT2D eigenvalue weighted by Crippen LogP contribution is -2.39. The van der Waals surface area contributed by atoms with Crippen LogP contribution in [0.1, 0.15) is 11.5 Å². The number of furan rings is 1. The van der Waals surface area contributed by atoms with E-state index in [1.807, 2.05) is 6.07 Å². The Morgan fingerprint density at radius 3 is 2.47 bits per heavy atom. The van der Waals surface area contributed by atoms with Crippen molar-refractivity contribution in [1.29, 1.82) is 0 Å². The lowest BCUT2D eigenvalue weighted by atomic mass is 10.3. The quantitative estimate of drug-likeness (QED) is 0.788. The molecule has 98 valence electrons. The van der Waals surface area contributed by atoms with Gasteiger partial charge in [-0.2, -0.15) is 0 Å². The minimum atomic E-state index is -0.702. The van der Waals surface area contributed by atoms with Gasteiger partial charge in [-0.15, -0.1) is 0 Å². The van der Waals surface area contributed by atoms with Crippen LogP contribution >= 0.6 is 0 Å². The summed E-state index contributed by atoms with van der Waals surface area (Å²) in [5.74, 6) is -0.810. The van der Waals surface area contributed by atoms with Crippen LogP contribution in [0.4, 0.5) is 0 Å². The number of amides is 2. The van der Waals surface area contributed by atoms with Gasteiger partial charge in [0.15, 0.2) is 0 Å². The number of carbonyl (C=O) groups is 2. The predicted molar refractivity (Wildman–Crippen MR) is 66.6 cm³/mol. The van der Waals surface area contributed by atoms with E-state index in [-0.39, 0.29) is 13.1 Å². The molecule has 2 rings (SSSR count). The van der Waals surface area contributed by atoms with Gasteiger partial charge in [0, 0.05) is 6.20 Å². The van der Waals surface area contributed by atoms with Crippen molar-refractivity contribution in [2.45, 2.75) is 13.1 Å². The Morgan fingerprint density at radius 2 is 1.84 bits per heavy atom. The highest BCUT2D eigenvalue weighted by molar-refractivity contribution is 6.35. The first kappa shape index (κ1) is 12.8. The van der Waals surface area contributed by atoms with Gasteiger partial charge in [-0.25, -0.2) is 0 Å². The van der Waals surface area contributed by atoms with Gasteiger partial charge in [0.25, 0.3) is 0 Å². The van der Waals surface area contributed by atoms with Crippen LogP contribution in [0.2, 0.25) is 0 Å². The van der Waals surface area contributed by atoms with E-state index in [1.54, 1.807) is 30.5 Å². The Morgan fingerprint density at radius 1 is 1.05 bits per heavy atom. The molecule has 0 spiro atoms. The normalized spacial score (nSPS) is 9.89. The van der Waals surface area contributed by atoms with E-state index in [1.165, 1.54) is 6.26 Å². The molecule has 0 aliphatic rings. The van der Waals surface area contributed by atoms with Crippen molar-refractivity contribution in [3.63, 3.8) is 0 Å². The summed E-state index contributed by atoms with van der Waals surface area (Å²) in [6.45, 7) is 0.399. The monoisotopic (exact) mass is 259 g/mol. The summed E-state index contributed by atoms with van der Waals surface area (Å²) in [6, 6.07) is 8.78. The summed E-state index contributed by atoms with van der Waals surface area (Å²) < 4.78 is 5.04. The lowest BCUT2D eigenvalue weighted by Gasteiger charge is -2.04. The number of hydrogen-bond donors (Lipinski definition) is 2. The highest BCUT2D eigenvalue weighted by Gasteiger charge is 2.13.